The van der Waals surface area contributed by atoms with E-state index in [1.54, 1.807) is 0 Å². The average Bonchev–Trinajstić information content (AvgIpc) is 2.46. The van der Waals surface area contributed by atoms with E-state index in [9.17, 15) is 0 Å². The number of hydrogen-bond donors (Lipinski definition) is 1. The number of allylic oxidation sites excluding steroid dienone is 1. The molecule has 1 N–H and O–H groups in total. The summed E-state index contributed by atoms with van der Waals surface area (Å²) >= 11 is 0. The van der Waals surface area contributed by atoms with Crippen LogP contribution in [0.3, 0.4) is 0 Å². The van der Waals surface area contributed by atoms with Gasteiger partial charge in [0, 0.05) is 0 Å². The van der Waals surface area contributed by atoms with Gasteiger partial charge in [0.1, 0.15) is 0 Å². The van der Waals surface area contributed by atoms with Crippen LogP contribution in [-0.2, 0) is 0 Å². The molecule has 0 atom stereocenters. The van der Waals surface area contributed by atoms with Crippen LogP contribution in [0, 0.1) is 0 Å². The van der Waals surface area contributed by atoms with Gasteiger partial charge >= 0.3 is 0 Å². The zero-order valence-electron chi connectivity index (χ0n) is 15.6. The smallest absolute Gasteiger partial charge is 0.0897 e. The van der Waals surface area contributed by atoms with E-state index in [-0.39, 0.29) is 17.0 Å². The molecule has 134 valence electrons. The van der Waals surface area contributed by atoms with E-state index in [1.807, 2.05) is 0 Å². The second kappa shape index (κ2) is 21.2. The molecule has 0 rings (SSSR count). The van der Waals surface area contributed by atoms with Gasteiger partial charge in [-0.05, 0) is 18.9 Å². The molecule has 0 saturated carbocycles. The van der Waals surface area contributed by atoms with Crippen molar-refractivity contribution in [3.63, 3.8) is 0 Å². The van der Waals surface area contributed by atoms with Crippen molar-refractivity contribution in [2.24, 2.45) is 0 Å². The van der Waals surface area contributed by atoms with Crippen LogP contribution < -0.4 is 21.9 Å². The molecule has 0 aliphatic heterocycles. The summed E-state index contributed by atoms with van der Waals surface area (Å²) in [7, 11) is 4.34. The van der Waals surface area contributed by atoms with E-state index in [4.69, 9.17) is 0 Å². The lowest BCUT2D eigenvalue weighted by molar-refractivity contribution is -0.801. The maximum Gasteiger partial charge on any atom is 0.0897 e. The molecule has 0 aromatic carbocycles. The first-order valence-electron chi connectivity index (χ1n) is 9.74. The highest BCUT2D eigenvalue weighted by atomic mass is 79.9. The predicted octanol–water partition coefficient (Wildman–Crippen LogP) is 2.52. The number of hydrogen-bond acceptors (Lipinski definition) is 0. The topological polar surface area (TPSA) is 4.44 Å². The molecule has 0 aliphatic carbocycles. The molecule has 2 heteroatoms. The molecular formula is C20H42BrN. The van der Waals surface area contributed by atoms with Crippen LogP contribution in [-0.4, -0.2) is 14.1 Å². The Morgan fingerprint density at radius 2 is 0.955 bits per heavy atom. The molecule has 0 bridgehead atoms. The normalized spacial score (nSPS) is 11.3. The van der Waals surface area contributed by atoms with Crippen LogP contribution in [0.2, 0.25) is 0 Å². The highest BCUT2D eigenvalue weighted by Gasteiger charge is 1.93. The minimum Gasteiger partial charge on any atom is -1.00 e. The first-order chi connectivity index (χ1) is 10.3. The third kappa shape index (κ3) is 22.5. The fourth-order valence-electron chi connectivity index (χ4n) is 2.78. The number of unbranched alkanes of at least 4 members (excludes halogenated alkanes) is 14. The molecule has 0 aliphatic rings. The summed E-state index contributed by atoms with van der Waals surface area (Å²) in [6.07, 6.45) is 26.1. The Balaban J connectivity index is 0. The zero-order chi connectivity index (χ0) is 15.6. The quantitative estimate of drug-likeness (QED) is 0.395. The molecule has 0 saturated heterocycles. The highest BCUT2D eigenvalue weighted by molar-refractivity contribution is 4.71. The monoisotopic (exact) mass is 375 g/mol. The van der Waals surface area contributed by atoms with Gasteiger partial charge in [-0.2, -0.15) is 0 Å². The summed E-state index contributed by atoms with van der Waals surface area (Å²) in [4.78, 5) is 1.42. The number of nitrogens with one attached hydrogen (secondary N) is 1. The molecule has 0 amide bonds. The maximum absolute atomic E-state index is 2.33. The molecule has 0 radical (unpaired) electrons. The molecule has 1 nitrogen and oxygen atoms in total. The fourth-order valence-corrected chi connectivity index (χ4v) is 2.78. The summed E-state index contributed by atoms with van der Waals surface area (Å²) in [5.41, 5.74) is 0. The van der Waals surface area contributed by atoms with Gasteiger partial charge in [-0.25, -0.2) is 0 Å². The highest BCUT2D eigenvalue weighted by Crippen LogP contribution is 2.13. The molecule has 22 heavy (non-hydrogen) atoms. The Kier molecular flexibility index (Phi) is 23.5. The van der Waals surface area contributed by atoms with Crippen LogP contribution in [0.15, 0.2) is 12.3 Å². The first kappa shape index (κ1) is 24.4. The number of rotatable bonds is 16. The van der Waals surface area contributed by atoms with E-state index in [1.165, 1.54) is 101 Å². The summed E-state index contributed by atoms with van der Waals surface area (Å²) in [5, 5.41) is 0. The van der Waals surface area contributed by atoms with Crippen molar-refractivity contribution in [2.45, 2.75) is 103 Å². The van der Waals surface area contributed by atoms with E-state index in [0.29, 0.717) is 0 Å². The Morgan fingerprint density at radius 1 is 0.591 bits per heavy atom. The molecule has 0 aromatic heterocycles. The van der Waals surface area contributed by atoms with E-state index in [0.717, 1.165) is 0 Å². The van der Waals surface area contributed by atoms with E-state index < -0.39 is 0 Å². The Morgan fingerprint density at radius 3 is 1.32 bits per heavy atom. The molecule has 0 aromatic rings. The van der Waals surface area contributed by atoms with Crippen molar-refractivity contribution in [1.29, 1.82) is 0 Å². The van der Waals surface area contributed by atoms with Gasteiger partial charge in [0.05, 0.1) is 20.3 Å². The SMILES string of the molecule is CCCCCCCCCCCCCCCC/C=C/[NH+](C)C.[Br-]. The number of halogens is 1. The van der Waals surface area contributed by atoms with Crippen LogP contribution in [0.5, 0.6) is 0 Å². The van der Waals surface area contributed by atoms with Crippen molar-refractivity contribution < 1.29 is 21.9 Å². The minimum atomic E-state index is 0. The second-order valence-electron chi connectivity index (χ2n) is 6.86. The van der Waals surface area contributed by atoms with Crippen molar-refractivity contribution in [3.8, 4) is 0 Å². The molecule has 0 unspecified atom stereocenters. The molecule has 0 fully saturated rings. The van der Waals surface area contributed by atoms with Crippen molar-refractivity contribution in [3.05, 3.63) is 12.3 Å². The first-order valence-corrected chi connectivity index (χ1v) is 9.74. The van der Waals surface area contributed by atoms with E-state index >= 15 is 0 Å². The lowest BCUT2D eigenvalue weighted by atomic mass is 10.0. The molecular weight excluding hydrogens is 334 g/mol. The summed E-state index contributed by atoms with van der Waals surface area (Å²) in [6, 6.07) is 0. The number of quaternary nitrogens is 1. The third-order valence-corrected chi connectivity index (χ3v) is 4.18. The van der Waals surface area contributed by atoms with Gasteiger partial charge in [0.25, 0.3) is 0 Å². The molecule has 0 spiro atoms. The van der Waals surface area contributed by atoms with Gasteiger partial charge in [-0.1, -0.05) is 90.4 Å². The maximum atomic E-state index is 2.33. The summed E-state index contributed by atoms with van der Waals surface area (Å²) < 4.78 is 0. The largest absolute Gasteiger partial charge is 1.00 e. The second-order valence-corrected chi connectivity index (χ2v) is 6.86. The lowest BCUT2D eigenvalue weighted by Gasteiger charge is -2.03. The third-order valence-electron chi connectivity index (χ3n) is 4.18. The van der Waals surface area contributed by atoms with Gasteiger partial charge in [0.2, 0.25) is 0 Å². The fraction of sp³-hybridized carbons (Fsp3) is 0.900. The van der Waals surface area contributed by atoms with Crippen LogP contribution >= 0.6 is 0 Å². The average molecular weight is 376 g/mol. The van der Waals surface area contributed by atoms with Gasteiger partial charge < -0.3 is 21.9 Å². The van der Waals surface area contributed by atoms with Crippen molar-refractivity contribution >= 4 is 0 Å². The van der Waals surface area contributed by atoms with Crippen LogP contribution in [0.25, 0.3) is 0 Å². The Bertz CT molecular complexity index is 214. The Labute approximate surface area is 151 Å². The minimum absolute atomic E-state index is 0. The molecule has 0 heterocycles. The van der Waals surface area contributed by atoms with Gasteiger partial charge in [-0.3, -0.25) is 0 Å². The van der Waals surface area contributed by atoms with Crippen LogP contribution in [0.4, 0.5) is 0 Å². The van der Waals surface area contributed by atoms with Gasteiger partial charge in [-0.15, -0.1) is 0 Å². The summed E-state index contributed by atoms with van der Waals surface area (Å²) in [6.45, 7) is 2.29. The van der Waals surface area contributed by atoms with Crippen molar-refractivity contribution in [1.82, 2.24) is 0 Å². The zero-order valence-corrected chi connectivity index (χ0v) is 17.2. The predicted molar refractivity (Wildman–Crippen MR) is 96.9 cm³/mol. The van der Waals surface area contributed by atoms with E-state index in [2.05, 4.69) is 33.3 Å². The van der Waals surface area contributed by atoms with Crippen molar-refractivity contribution in [2.75, 3.05) is 14.1 Å². The standard InChI is InChI=1S/C20H41N.BrH/c1-4-5-6-7-8-9-10-11-12-13-14-15-16-17-18-19-20-21(2)3;/h19-20H,4-18H2,1-3H3;1H/b20-19+;. The summed E-state index contributed by atoms with van der Waals surface area (Å²) in [5.74, 6) is 0. The van der Waals surface area contributed by atoms with Gasteiger partial charge in [0.15, 0.2) is 0 Å². The van der Waals surface area contributed by atoms with Crippen LogP contribution in [0.1, 0.15) is 103 Å². The lowest BCUT2D eigenvalue weighted by Crippen LogP contribution is -3.00. The Hall–Kier alpha value is 0.180.